The molecule has 2 N–H and O–H groups in total. The Morgan fingerprint density at radius 2 is 1.81 bits per heavy atom. The highest BCUT2D eigenvalue weighted by molar-refractivity contribution is 6.24. The zero-order valence-corrected chi connectivity index (χ0v) is 11.8. The summed E-state index contributed by atoms with van der Waals surface area (Å²) in [5, 5.41) is 4.65. The highest BCUT2D eigenvalue weighted by Gasteiger charge is 2.24. The highest BCUT2D eigenvalue weighted by Crippen LogP contribution is 2.14. The first-order valence-corrected chi connectivity index (χ1v) is 6.24. The summed E-state index contributed by atoms with van der Waals surface area (Å²) in [6.07, 6.45) is 0.0763. The molecule has 0 fully saturated rings. The lowest BCUT2D eigenvalue weighted by molar-refractivity contribution is -0.135. The summed E-state index contributed by atoms with van der Waals surface area (Å²) in [6.45, 7) is -0.373. The van der Waals surface area contributed by atoms with Gasteiger partial charge in [-0.25, -0.2) is 0 Å². The maximum Gasteiger partial charge on any atom is 0.284 e. The summed E-state index contributed by atoms with van der Waals surface area (Å²) in [7, 11) is 3.16. The Morgan fingerprint density at radius 3 is 2.33 bits per heavy atom. The molecule has 7 heteroatoms. The predicted molar refractivity (Wildman–Crippen MR) is 75.1 cm³/mol. The van der Waals surface area contributed by atoms with E-state index in [0.717, 1.165) is 0 Å². The topological polar surface area (TPSA) is 95.6 Å². The van der Waals surface area contributed by atoms with E-state index in [2.05, 4.69) is 10.6 Å². The van der Waals surface area contributed by atoms with Gasteiger partial charge in [-0.2, -0.15) is 0 Å². The van der Waals surface area contributed by atoms with Gasteiger partial charge in [-0.3, -0.25) is 19.2 Å². The van der Waals surface area contributed by atoms with E-state index in [1.54, 1.807) is 44.4 Å². The van der Waals surface area contributed by atoms with Gasteiger partial charge < -0.3 is 15.5 Å². The van der Waals surface area contributed by atoms with E-state index in [1.165, 1.54) is 4.90 Å². The normalized spacial score (nSPS) is 11.1. The van der Waals surface area contributed by atoms with Crippen molar-refractivity contribution in [2.75, 3.05) is 20.6 Å². The number of benzene rings is 1. The lowest BCUT2D eigenvalue weighted by Crippen LogP contribution is -2.44. The third kappa shape index (κ3) is 5.06. The Morgan fingerprint density at radius 1 is 1.19 bits per heavy atom. The molecule has 0 bridgehead atoms. The second-order valence-electron chi connectivity index (χ2n) is 4.48. The molecule has 1 rings (SSSR count). The molecule has 0 aliphatic rings. The summed E-state index contributed by atoms with van der Waals surface area (Å²) in [5.74, 6) is -1.74. The molecule has 0 saturated carbocycles. The fourth-order valence-corrected chi connectivity index (χ4v) is 1.61. The second kappa shape index (κ2) is 7.78. The van der Waals surface area contributed by atoms with E-state index in [9.17, 15) is 19.2 Å². The zero-order chi connectivity index (χ0) is 15.8. The number of nitrogens with zero attached hydrogens (tertiary/aromatic N) is 1. The molecule has 7 nitrogen and oxygen atoms in total. The molecule has 1 atom stereocenters. The van der Waals surface area contributed by atoms with Crippen LogP contribution in [0.3, 0.4) is 0 Å². The number of hydrogen-bond acceptors (Lipinski definition) is 4. The number of hydrogen-bond donors (Lipinski definition) is 2. The molecule has 1 aromatic rings. The minimum Gasteiger partial charge on any atom is -0.347 e. The van der Waals surface area contributed by atoms with E-state index in [4.69, 9.17) is 0 Å². The zero-order valence-electron chi connectivity index (χ0n) is 11.8. The molecule has 1 unspecified atom stereocenters. The van der Waals surface area contributed by atoms with Crippen LogP contribution in [0.25, 0.3) is 0 Å². The SMILES string of the molecule is CN(C)C(=O)C(NC(=O)CNC(=O)C=O)c1ccccc1. The number of carbonyl (C=O) groups excluding carboxylic acids is 4. The van der Waals surface area contributed by atoms with Crippen LogP contribution < -0.4 is 10.6 Å². The van der Waals surface area contributed by atoms with Crippen molar-refractivity contribution in [1.29, 1.82) is 0 Å². The van der Waals surface area contributed by atoms with Crippen molar-refractivity contribution in [3.63, 3.8) is 0 Å². The molecule has 0 heterocycles. The average molecular weight is 291 g/mol. The standard InChI is InChI=1S/C14H17N3O4/c1-17(2)14(21)13(10-6-4-3-5-7-10)16-11(19)8-15-12(20)9-18/h3-7,9,13H,8H2,1-2H3,(H,15,20)(H,16,19). The molecule has 0 spiro atoms. The first kappa shape index (κ1) is 16.4. The molecule has 0 saturated heterocycles. The molecule has 0 radical (unpaired) electrons. The van der Waals surface area contributed by atoms with E-state index >= 15 is 0 Å². The van der Waals surface area contributed by atoms with Crippen LogP contribution in [0.2, 0.25) is 0 Å². The Kier molecular flexibility index (Phi) is 6.06. The van der Waals surface area contributed by atoms with Gasteiger partial charge in [-0.1, -0.05) is 30.3 Å². The maximum atomic E-state index is 12.1. The molecule has 1 aromatic carbocycles. The Hall–Kier alpha value is -2.70. The maximum absolute atomic E-state index is 12.1. The van der Waals surface area contributed by atoms with Crippen LogP contribution >= 0.6 is 0 Å². The summed E-state index contributed by atoms with van der Waals surface area (Å²) in [5.41, 5.74) is 0.631. The van der Waals surface area contributed by atoms with Crippen molar-refractivity contribution >= 4 is 24.0 Å². The summed E-state index contributed by atoms with van der Waals surface area (Å²) in [4.78, 5) is 46.2. The first-order valence-electron chi connectivity index (χ1n) is 6.24. The minimum absolute atomic E-state index is 0.0763. The molecule has 21 heavy (non-hydrogen) atoms. The van der Waals surface area contributed by atoms with Crippen LogP contribution in [0.5, 0.6) is 0 Å². The van der Waals surface area contributed by atoms with Crippen LogP contribution in [-0.4, -0.2) is 49.5 Å². The Labute approximate surface area is 122 Å². The molecular weight excluding hydrogens is 274 g/mol. The Bertz CT molecular complexity index is 528. The van der Waals surface area contributed by atoms with Crippen LogP contribution in [0.1, 0.15) is 11.6 Å². The minimum atomic E-state index is -0.889. The fourth-order valence-electron chi connectivity index (χ4n) is 1.61. The van der Waals surface area contributed by atoms with Gasteiger partial charge in [0.25, 0.3) is 5.91 Å². The van der Waals surface area contributed by atoms with Gasteiger partial charge in [0.2, 0.25) is 18.1 Å². The smallest absolute Gasteiger partial charge is 0.284 e. The van der Waals surface area contributed by atoms with Gasteiger partial charge in [0.15, 0.2) is 0 Å². The molecular formula is C14H17N3O4. The number of likely N-dealkylation sites (N-methyl/N-ethyl adjacent to an activating group) is 1. The summed E-state index contributed by atoms with van der Waals surface area (Å²) in [6, 6.07) is 7.90. The summed E-state index contributed by atoms with van der Waals surface area (Å²) < 4.78 is 0. The van der Waals surface area contributed by atoms with Crippen LogP contribution in [0.15, 0.2) is 30.3 Å². The average Bonchev–Trinajstić information content (AvgIpc) is 2.50. The van der Waals surface area contributed by atoms with Crippen molar-refractivity contribution in [3.05, 3.63) is 35.9 Å². The molecule has 0 aliphatic heterocycles. The fraction of sp³-hybridized carbons (Fsp3) is 0.286. The van der Waals surface area contributed by atoms with Crippen molar-refractivity contribution < 1.29 is 19.2 Å². The lowest BCUT2D eigenvalue weighted by Gasteiger charge is -2.22. The highest BCUT2D eigenvalue weighted by atomic mass is 16.2. The van der Waals surface area contributed by atoms with Gasteiger partial charge >= 0.3 is 0 Å². The molecule has 0 aromatic heterocycles. The van der Waals surface area contributed by atoms with Crippen molar-refractivity contribution in [2.24, 2.45) is 0 Å². The number of rotatable bonds is 6. The molecule has 3 amide bonds. The second-order valence-corrected chi connectivity index (χ2v) is 4.48. The number of aldehydes is 1. The number of nitrogens with one attached hydrogen (secondary N) is 2. The van der Waals surface area contributed by atoms with Crippen molar-refractivity contribution in [1.82, 2.24) is 15.5 Å². The Balaban J connectivity index is 2.79. The van der Waals surface area contributed by atoms with Crippen LogP contribution in [0.4, 0.5) is 0 Å². The predicted octanol–water partition coefficient (Wildman–Crippen LogP) is -0.753. The largest absolute Gasteiger partial charge is 0.347 e. The van der Waals surface area contributed by atoms with Crippen molar-refractivity contribution in [3.8, 4) is 0 Å². The molecule has 0 aliphatic carbocycles. The van der Waals surface area contributed by atoms with E-state index in [1.807, 2.05) is 0 Å². The van der Waals surface area contributed by atoms with E-state index in [0.29, 0.717) is 5.56 Å². The third-order valence-corrected chi connectivity index (χ3v) is 2.66. The molecule has 112 valence electrons. The van der Waals surface area contributed by atoms with Gasteiger partial charge in [-0.15, -0.1) is 0 Å². The quantitative estimate of drug-likeness (QED) is 0.532. The van der Waals surface area contributed by atoms with Gasteiger partial charge in [0, 0.05) is 14.1 Å². The van der Waals surface area contributed by atoms with Gasteiger partial charge in [-0.05, 0) is 5.56 Å². The van der Waals surface area contributed by atoms with E-state index in [-0.39, 0.29) is 18.7 Å². The van der Waals surface area contributed by atoms with Crippen LogP contribution in [0, 0.1) is 0 Å². The van der Waals surface area contributed by atoms with Crippen molar-refractivity contribution in [2.45, 2.75) is 6.04 Å². The van der Waals surface area contributed by atoms with E-state index < -0.39 is 17.9 Å². The van der Waals surface area contributed by atoms with Crippen LogP contribution in [-0.2, 0) is 19.2 Å². The first-order chi connectivity index (χ1) is 9.95. The lowest BCUT2D eigenvalue weighted by atomic mass is 10.1. The van der Waals surface area contributed by atoms with Gasteiger partial charge in [0.05, 0.1) is 6.54 Å². The monoisotopic (exact) mass is 291 g/mol. The number of amides is 3. The third-order valence-electron chi connectivity index (χ3n) is 2.66. The number of carbonyl (C=O) groups is 4. The summed E-state index contributed by atoms with van der Waals surface area (Å²) >= 11 is 0. The van der Waals surface area contributed by atoms with Gasteiger partial charge in [0.1, 0.15) is 6.04 Å².